The van der Waals surface area contributed by atoms with Gasteiger partial charge in [0.2, 0.25) is 0 Å². The minimum absolute atomic E-state index is 0.274. The van der Waals surface area contributed by atoms with Gasteiger partial charge in [-0.15, -0.1) is 0 Å². The molecule has 0 aromatic heterocycles. The van der Waals surface area contributed by atoms with Gasteiger partial charge in [-0.05, 0) is 31.0 Å². The van der Waals surface area contributed by atoms with Gasteiger partial charge in [0.1, 0.15) is 23.9 Å². The van der Waals surface area contributed by atoms with Crippen LogP contribution in [-0.2, 0) is 38.0 Å². The van der Waals surface area contributed by atoms with Crippen LogP contribution in [0.4, 0.5) is 0 Å². The van der Waals surface area contributed by atoms with Gasteiger partial charge >= 0.3 is 11.9 Å². The molecule has 0 radical (unpaired) electrons. The average molecular weight is 660 g/mol. The van der Waals surface area contributed by atoms with Crippen molar-refractivity contribution in [2.45, 2.75) is 80.6 Å². The highest BCUT2D eigenvalue weighted by Crippen LogP contribution is 2.81. The predicted octanol–water partition coefficient (Wildman–Crippen LogP) is 1.30. The topological polar surface area (TPSA) is 142 Å². The third-order valence-electron chi connectivity index (χ3n) is 13.5. The predicted molar refractivity (Wildman–Crippen MR) is 165 cm³/mol. The summed E-state index contributed by atoms with van der Waals surface area (Å²) in [5.41, 5.74) is -3.99. The van der Waals surface area contributed by atoms with Gasteiger partial charge in [-0.3, -0.25) is 9.69 Å². The summed E-state index contributed by atoms with van der Waals surface area (Å²) in [5.74, 6) is -3.14. The van der Waals surface area contributed by atoms with E-state index in [-0.39, 0.29) is 24.5 Å². The lowest BCUT2D eigenvalue weighted by molar-refractivity contribution is -0.324. The number of piperidine rings is 1. The molecule has 5 aliphatic carbocycles. The second-order valence-electron chi connectivity index (χ2n) is 14.6. The molecule has 6 fully saturated rings. The fourth-order valence-corrected chi connectivity index (χ4v) is 12.6. The minimum Gasteiger partial charge on any atom is -0.455 e. The number of rotatable bonds is 10. The molecule has 3 unspecified atom stereocenters. The molecule has 2 N–H and O–H groups in total. The molecule has 260 valence electrons. The first-order valence-corrected chi connectivity index (χ1v) is 16.7. The molecule has 1 aromatic carbocycles. The Balaban J connectivity index is 1.54. The number of hydrogen-bond acceptors (Lipinski definition) is 12. The van der Waals surface area contributed by atoms with Gasteiger partial charge < -0.3 is 43.4 Å². The fourth-order valence-electron chi connectivity index (χ4n) is 12.6. The van der Waals surface area contributed by atoms with E-state index in [1.165, 1.54) is 14.0 Å². The molecule has 0 amide bonds. The quantitative estimate of drug-likeness (QED) is 0.350. The number of esters is 2. The lowest BCUT2D eigenvalue weighted by Gasteiger charge is -2.70. The van der Waals surface area contributed by atoms with E-state index in [9.17, 15) is 19.8 Å². The highest BCUT2D eigenvalue weighted by atomic mass is 16.6. The number of fused-ring (bicyclic) bond motifs is 2. The summed E-state index contributed by atoms with van der Waals surface area (Å²) in [7, 11) is 8.02. The van der Waals surface area contributed by atoms with Crippen molar-refractivity contribution in [2.24, 2.45) is 34.5 Å². The number of carbonyl (C=O) groups is 2. The smallest absolute Gasteiger partial charge is 0.338 e. The van der Waals surface area contributed by atoms with Crippen LogP contribution in [0.1, 0.15) is 37.0 Å². The monoisotopic (exact) mass is 659 g/mol. The third-order valence-corrected chi connectivity index (χ3v) is 13.5. The van der Waals surface area contributed by atoms with Crippen molar-refractivity contribution in [1.29, 1.82) is 0 Å². The van der Waals surface area contributed by atoms with Crippen LogP contribution in [0, 0.1) is 34.5 Å². The van der Waals surface area contributed by atoms with Crippen molar-refractivity contribution in [1.82, 2.24) is 4.90 Å². The largest absolute Gasteiger partial charge is 0.455 e. The van der Waals surface area contributed by atoms with E-state index in [2.05, 4.69) is 11.8 Å². The molecular formula is C35H49NO11. The van der Waals surface area contributed by atoms with Crippen LogP contribution in [0.15, 0.2) is 30.3 Å². The summed E-state index contributed by atoms with van der Waals surface area (Å²) in [6.07, 6.45) is -4.47. The second kappa shape index (κ2) is 11.4. The maximum atomic E-state index is 13.9. The highest BCUT2D eigenvalue weighted by Gasteiger charge is 2.92. The maximum absolute atomic E-state index is 13.9. The molecule has 1 saturated heterocycles. The van der Waals surface area contributed by atoms with Crippen molar-refractivity contribution in [3.05, 3.63) is 35.9 Å². The van der Waals surface area contributed by atoms with Gasteiger partial charge in [-0.25, -0.2) is 4.79 Å². The SMILES string of the molecule is CCN1C[C@]2(COC)C3[C@@H](OC)C4[C@@H]1C3([C@@H]1C[C@@]3(OC)[C@H](OC(=O)c5ccccc5)[C@@H]1[C@]4(OC(C)=O)[C@@H](O)[C@@H]3OC)[C@H](OC)C[C@H]2O. The Hall–Kier alpha value is -2.16. The summed E-state index contributed by atoms with van der Waals surface area (Å²) in [6.45, 7) is 4.85. The van der Waals surface area contributed by atoms with Gasteiger partial charge in [0.15, 0.2) is 5.60 Å². The van der Waals surface area contributed by atoms with E-state index in [1.807, 2.05) is 6.07 Å². The number of benzene rings is 1. The molecule has 1 heterocycles. The fraction of sp³-hybridized carbons (Fsp3) is 0.771. The van der Waals surface area contributed by atoms with Crippen LogP contribution in [-0.4, -0.2) is 136 Å². The number of aliphatic hydroxyl groups is 2. The zero-order valence-corrected chi connectivity index (χ0v) is 28.3. The zero-order chi connectivity index (χ0) is 33.7. The average Bonchev–Trinajstić information content (AvgIpc) is 3.46. The van der Waals surface area contributed by atoms with Gasteiger partial charge in [0.05, 0.1) is 30.5 Å². The molecular weight excluding hydrogens is 610 g/mol. The van der Waals surface area contributed by atoms with Crippen molar-refractivity contribution in [3.63, 3.8) is 0 Å². The summed E-state index contributed by atoms with van der Waals surface area (Å²) in [4.78, 5) is 29.6. The molecule has 15 atom stereocenters. The molecule has 7 bridgehead atoms. The van der Waals surface area contributed by atoms with Crippen LogP contribution < -0.4 is 0 Å². The molecule has 12 nitrogen and oxygen atoms in total. The molecule has 12 heteroatoms. The standard InChI is InChI=1S/C35H49NO11/c1-8-36-16-32(17-41-3)21(38)14-22(42-4)34-20-15-33(45-7)29(46-31(40)19-12-10-9-11-13-19)23(20)35(47-18(2)37,28(39)30(33)44-6)24(27(34)36)25(43-5)26(32)34/h9-13,20-30,38-39H,8,14-17H2,1-7H3/t20-,21-,22-,23-,24?,25+,26?,27-,28+,29-,30+,32-,33-,34?,35-/m1/s1. The summed E-state index contributed by atoms with van der Waals surface area (Å²) < 4.78 is 44.5. The molecule has 1 spiro atoms. The van der Waals surface area contributed by atoms with E-state index in [0.29, 0.717) is 31.5 Å². The summed E-state index contributed by atoms with van der Waals surface area (Å²) in [5, 5.41) is 24.8. The molecule has 7 rings (SSSR count). The number of likely N-dealkylation sites (tertiary alicyclic amines) is 1. The van der Waals surface area contributed by atoms with Crippen LogP contribution in [0.3, 0.4) is 0 Å². The zero-order valence-electron chi connectivity index (χ0n) is 28.3. The van der Waals surface area contributed by atoms with Crippen molar-refractivity contribution in [3.8, 4) is 0 Å². The van der Waals surface area contributed by atoms with Crippen LogP contribution in [0.25, 0.3) is 0 Å². The maximum Gasteiger partial charge on any atom is 0.338 e. The molecule has 47 heavy (non-hydrogen) atoms. The second-order valence-corrected chi connectivity index (χ2v) is 14.6. The first-order valence-electron chi connectivity index (χ1n) is 16.7. The first kappa shape index (κ1) is 33.3. The number of ether oxygens (including phenoxy) is 7. The third kappa shape index (κ3) is 3.81. The summed E-state index contributed by atoms with van der Waals surface area (Å²) in [6, 6.07) is 8.45. The highest BCUT2D eigenvalue weighted by molar-refractivity contribution is 5.89. The van der Waals surface area contributed by atoms with Crippen LogP contribution >= 0.6 is 0 Å². The number of hydrogen-bond donors (Lipinski definition) is 2. The van der Waals surface area contributed by atoms with Gasteiger partial charge in [-0.1, -0.05) is 25.1 Å². The first-order chi connectivity index (χ1) is 22.5. The number of nitrogens with zero attached hydrogens (tertiary/aromatic N) is 1. The van der Waals surface area contributed by atoms with Crippen LogP contribution in [0.5, 0.6) is 0 Å². The van der Waals surface area contributed by atoms with E-state index < -0.39 is 82.4 Å². The van der Waals surface area contributed by atoms with Gasteiger partial charge in [0, 0.05) is 90.1 Å². The van der Waals surface area contributed by atoms with Crippen molar-refractivity contribution < 1.29 is 53.0 Å². The Morgan fingerprint density at radius 3 is 2.28 bits per heavy atom. The van der Waals surface area contributed by atoms with Crippen molar-refractivity contribution >= 4 is 11.9 Å². The Bertz CT molecular complexity index is 1380. The van der Waals surface area contributed by atoms with E-state index in [1.54, 1.807) is 52.7 Å². The van der Waals surface area contributed by atoms with E-state index >= 15 is 0 Å². The Morgan fingerprint density at radius 2 is 1.70 bits per heavy atom. The molecule has 6 aliphatic rings. The van der Waals surface area contributed by atoms with Gasteiger partial charge in [0.25, 0.3) is 0 Å². The molecule has 5 saturated carbocycles. The lowest BCUT2D eigenvalue weighted by Crippen LogP contribution is -2.81. The Morgan fingerprint density at radius 1 is 0.979 bits per heavy atom. The van der Waals surface area contributed by atoms with Crippen molar-refractivity contribution in [2.75, 3.05) is 55.2 Å². The summed E-state index contributed by atoms with van der Waals surface area (Å²) >= 11 is 0. The van der Waals surface area contributed by atoms with Gasteiger partial charge in [-0.2, -0.15) is 0 Å². The lowest BCUT2D eigenvalue weighted by atomic mass is 9.42. The van der Waals surface area contributed by atoms with Crippen LogP contribution in [0.2, 0.25) is 0 Å². The Kier molecular flexibility index (Phi) is 8.12. The normalized spacial score (nSPS) is 49.1. The minimum atomic E-state index is -1.61. The Labute approximate surface area is 275 Å². The molecule has 1 aromatic rings. The number of aliphatic hydroxyl groups excluding tert-OH is 2. The number of methoxy groups -OCH3 is 5. The van der Waals surface area contributed by atoms with E-state index in [0.717, 1.165) is 0 Å². The number of carbonyl (C=O) groups excluding carboxylic acids is 2. The molecule has 1 aliphatic heterocycles. The van der Waals surface area contributed by atoms with E-state index in [4.69, 9.17) is 33.2 Å².